The fraction of sp³-hybridized carbons (Fsp3) is 0.154. The van der Waals surface area contributed by atoms with Crippen LogP contribution in [0, 0.1) is 0 Å². The van der Waals surface area contributed by atoms with Crippen LogP contribution in [0.3, 0.4) is 0 Å². The lowest BCUT2D eigenvalue weighted by Crippen LogP contribution is -2.49. The van der Waals surface area contributed by atoms with Gasteiger partial charge >= 0.3 is 0 Å². The molecule has 1 aromatic heterocycles. The van der Waals surface area contributed by atoms with Gasteiger partial charge in [-0.25, -0.2) is 4.98 Å². The number of aromatic nitrogens is 1. The quantitative estimate of drug-likeness (QED) is 0.284. The summed E-state index contributed by atoms with van der Waals surface area (Å²) in [5.74, 6) is 0.0655. The molecule has 0 atom stereocenters. The van der Waals surface area contributed by atoms with E-state index >= 15 is 0 Å². The maximum atomic E-state index is 13.5. The standard InChI is InChI=1S/C26H22ClN3OS/c27-21-11-12-23-24(18-21)32-26(28-23)30-15-13-29(14-16-30)25(31)22(20-9-5-2-6-10-20)17-19-7-3-1-4-8-19/h1-12,17-18H,13-16H2/b22-17-. The molecule has 160 valence electrons. The monoisotopic (exact) mass is 459 g/mol. The number of thiazole rings is 1. The second kappa shape index (κ2) is 9.15. The van der Waals surface area contributed by atoms with Crippen molar-refractivity contribution in [1.29, 1.82) is 0 Å². The van der Waals surface area contributed by atoms with Crippen LogP contribution in [0.5, 0.6) is 0 Å². The Labute approximate surface area is 196 Å². The molecule has 2 heterocycles. The summed E-state index contributed by atoms with van der Waals surface area (Å²) in [5.41, 5.74) is 3.64. The van der Waals surface area contributed by atoms with E-state index in [9.17, 15) is 4.79 Å². The van der Waals surface area contributed by atoms with Crippen LogP contribution in [-0.4, -0.2) is 42.0 Å². The number of piperazine rings is 1. The van der Waals surface area contributed by atoms with Crippen molar-refractivity contribution in [3.8, 4) is 0 Å². The second-order valence-electron chi connectivity index (χ2n) is 7.72. The Morgan fingerprint density at radius 1 is 0.906 bits per heavy atom. The van der Waals surface area contributed by atoms with Gasteiger partial charge in [0.2, 0.25) is 0 Å². The zero-order chi connectivity index (χ0) is 21.9. The van der Waals surface area contributed by atoms with E-state index in [1.54, 1.807) is 11.3 Å². The molecule has 1 aliphatic rings. The molecule has 0 unspecified atom stereocenters. The van der Waals surface area contributed by atoms with Crippen LogP contribution in [-0.2, 0) is 4.79 Å². The summed E-state index contributed by atoms with van der Waals surface area (Å²) < 4.78 is 1.09. The van der Waals surface area contributed by atoms with Crippen molar-refractivity contribution < 1.29 is 4.79 Å². The lowest BCUT2D eigenvalue weighted by Gasteiger charge is -2.35. The highest BCUT2D eigenvalue weighted by Crippen LogP contribution is 2.31. The van der Waals surface area contributed by atoms with Crippen LogP contribution in [0.4, 0.5) is 5.13 Å². The third kappa shape index (κ3) is 4.40. The van der Waals surface area contributed by atoms with Crippen molar-refractivity contribution in [3.63, 3.8) is 0 Å². The molecular weight excluding hydrogens is 438 g/mol. The third-order valence-electron chi connectivity index (χ3n) is 5.60. The highest BCUT2D eigenvalue weighted by atomic mass is 35.5. The minimum Gasteiger partial charge on any atom is -0.345 e. The van der Waals surface area contributed by atoms with Gasteiger partial charge in [0.05, 0.1) is 10.2 Å². The van der Waals surface area contributed by atoms with Crippen molar-refractivity contribution in [2.75, 3.05) is 31.1 Å². The van der Waals surface area contributed by atoms with E-state index in [0.717, 1.165) is 50.2 Å². The fourth-order valence-corrected chi connectivity index (χ4v) is 5.19. The van der Waals surface area contributed by atoms with Crippen molar-refractivity contribution in [2.24, 2.45) is 0 Å². The van der Waals surface area contributed by atoms with Crippen molar-refractivity contribution in [3.05, 3.63) is 95.0 Å². The fourth-order valence-electron chi connectivity index (χ4n) is 3.89. The normalized spacial score (nSPS) is 14.7. The Hall–Kier alpha value is -3.15. The highest BCUT2D eigenvalue weighted by Gasteiger charge is 2.26. The minimum absolute atomic E-state index is 0.0655. The molecule has 1 amide bonds. The highest BCUT2D eigenvalue weighted by molar-refractivity contribution is 7.22. The summed E-state index contributed by atoms with van der Waals surface area (Å²) in [6.07, 6.45) is 1.99. The van der Waals surface area contributed by atoms with Gasteiger partial charge in [0.25, 0.3) is 5.91 Å². The maximum Gasteiger partial charge on any atom is 0.254 e. The number of hydrogen-bond acceptors (Lipinski definition) is 4. The zero-order valence-corrected chi connectivity index (χ0v) is 19.0. The second-order valence-corrected chi connectivity index (χ2v) is 9.17. The van der Waals surface area contributed by atoms with Gasteiger partial charge in [-0.05, 0) is 35.4 Å². The molecule has 1 saturated heterocycles. The molecule has 32 heavy (non-hydrogen) atoms. The molecule has 0 N–H and O–H groups in total. The van der Waals surface area contributed by atoms with Gasteiger partial charge in [-0.1, -0.05) is 83.6 Å². The van der Waals surface area contributed by atoms with Gasteiger partial charge < -0.3 is 9.80 Å². The summed E-state index contributed by atoms with van der Waals surface area (Å²) in [4.78, 5) is 22.5. The molecule has 0 saturated carbocycles. The van der Waals surface area contributed by atoms with Crippen molar-refractivity contribution >= 4 is 55.8 Å². The number of benzene rings is 3. The first kappa shape index (κ1) is 20.7. The summed E-state index contributed by atoms with van der Waals surface area (Å²) in [6.45, 7) is 2.84. The first-order valence-electron chi connectivity index (χ1n) is 10.6. The number of rotatable bonds is 4. The predicted octanol–water partition coefficient (Wildman–Crippen LogP) is 5.84. The number of amides is 1. The molecule has 4 nitrogen and oxygen atoms in total. The summed E-state index contributed by atoms with van der Waals surface area (Å²) in [5, 5.41) is 1.71. The minimum atomic E-state index is 0.0655. The summed E-state index contributed by atoms with van der Waals surface area (Å²) >= 11 is 7.77. The molecule has 1 aliphatic heterocycles. The van der Waals surface area contributed by atoms with Gasteiger partial charge in [0.1, 0.15) is 0 Å². The Kier molecular flexibility index (Phi) is 5.93. The molecule has 4 aromatic rings. The van der Waals surface area contributed by atoms with E-state index in [-0.39, 0.29) is 5.91 Å². The van der Waals surface area contributed by atoms with Crippen LogP contribution in [0.25, 0.3) is 21.9 Å². The van der Waals surface area contributed by atoms with E-state index in [1.165, 1.54) is 0 Å². The van der Waals surface area contributed by atoms with Crippen molar-refractivity contribution in [2.45, 2.75) is 0 Å². The maximum absolute atomic E-state index is 13.5. The molecule has 0 aliphatic carbocycles. The lowest BCUT2D eigenvalue weighted by atomic mass is 10.0. The zero-order valence-electron chi connectivity index (χ0n) is 17.4. The van der Waals surface area contributed by atoms with Crippen molar-refractivity contribution in [1.82, 2.24) is 9.88 Å². The smallest absolute Gasteiger partial charge is 0.254 e. The van der Waals surface area contributed by atoms with Crippen LogP contribution in [0.1, 0.15) is 11.1 Å². The molecular formula is C26H22ClN3OS. The first-order chi connectivity index (χ1) is 15.7. The largest absolute Gasteiger partial charge is 0.345 e. The Bertz CT molecular complexity index is 1260. The number of anilines is 1. The molecule has 6 heteroatoms. The van der Waals surface area contributed by atoms with Crippen LogP contribution in [0.15, 0.2) is 78.9 Å². The lowest BCUT2D eigenvalue weighted by molar-refractivity contribution is -0.125. The van der Waals surface area contributed by atoms with Crippen LogP contribution >= 0.6 is 22.9 Å². The topological polar surface area (TPSA) is 36.4 Å². The molecule has 0 bridgehead atoms. The van der Waals surface area contributed by atoms with E-state index in [0.29, 0.717) is 13.1 Å². The van der Waals surface area contributed by atoms with Gasteiger partial charge in [-0.2, -0.15) is 0 Å². The molecule has 1 fully saturated rings. The molecule has 5 rings (SSSR count). The van der Waals surface area contributed by atoms with Crippen LogP contribution < -0.4 is 4.90 Å². The van der Waals surface area contributed by atoms with Gasteiger partial charge in [-0.3, -0.25) is 4.79 Å². The Morgan fingerprint density at radius 2 is 1.59 bits per heavy atom. The Morgan fingerprint density at radius 3 is 2.31 bits per heavy atom. The number of halogens is 1. The van der Waals surface area contributed by atoms with Gasteiger partial charge in [-0.15, -0.1) is 0 Å². The summed E-state index contributed by atoms with van der Waals surface area (Å²) in [7, 11) is 0. The van der Waals surface area contributed by atoms with Gasteiger partial charge in [0.15, 0.2) is 5.13 Å². The van der Waals surface area contributed by atoms with E-state index in [4.69, 9.17) is 16.6 Å². The SMILES string of the molecule is O=C(/C(=C\c1ccccc1)c1ccccc1)N1CCN(c2nc3ccc(Cl)cc3s2)CC1. The summed E-state index contributed by atoms with van der Waals surface area (Å²) in [6, 6.07) is 25.7. The van der Waals surface area contributed by atoms with E-state index < -0.39 is 0 Å². The molecule has 3 aromatic carbocycles. The van der Waals surface area contributed by atoms with E-state index in [2.05, 4.69) is 4.90 Å². The van der Waals surface area contributed by atoms with Crippen LogP contribution in [0.2, 0.25) is 5.02 Å². The average molecular weight is 460 g/mol. The first-order valence-corrected chi connectivity index (χ1v) is 11.8. The number of carbonyl (C=O) groups is 1. The molecule has 0 spiro atoms. The predicted molar refractivity (Wildman–Crippen MR) is 134 cm³/mol. The Balaban J connectivity index is 1.35. The number of hydrogen-bond donors (Lipinski definition) is 0. The molecule has 0 radical (unpaired) electrons. The van der Waals surface area contributed by atoms with E-state index in [1.807, 2.05) is 89.8 Å². The van der Waals surface area contributed by atoms with Gasteiger partial charge in [0, 0.05) is 36.8 Å². The number of carbonyl (C=O) groups excluding carboxylic acids is 1. The third-order valence-corrected chi connectivity index (χ3v) is 6.92. The number of nitrogens with zero attached hydrogens (tertiary/aromatic N) is 3. The number of fused-ring (bicyclic) bond motifs is 1. The average Bonchev–Trinajstić information content (AvgIpc) is 3.27.